The highest BCUT2D eigenvalue weighted by molar-refractivity contribution is 5.16. The van der Waals surface area contributed by atoms with Crippen molar-refractivity contribution in [1.82, 2.24) is 9.80 Å². The molecule has 1 unspecified atom stereocenters. The van der Waals surface area contributed by atoms with Gasteiger partial charge in [-0.15, -0.1) is 0 Å². The van der Waals surface area contributed by atoms with E-state index in [1.54, 1.807) is 18.2 Å². The Kier molecular flexibility index (Phi) is 7.91. The molecule has 0 radical (unpaired) electrons. The van der Waals surface area contributed by atoms with Gasteiger partial charge in [0.05, 0.1) is 19.3 Å². The normalized spacial score (nSPS) is 17.4. The highest BCUT2D eigenvalue weighted by Crippen LogP contribution is 2.11. The van der Waals surface area contributed by atoms with Gasteiger partial charge < -0.3 is 9.84 Å². The summed E-state index contributed by atoms with van der Waals surface area (Å²) < 4.78 is 32.1. The lowest BCUT2D eigenvalue weighted by molar-refractivity contribution is 0.00971. The molecule has 6 heteroatoms. The summed E-state index contributed by atoms with van der Waals surface area (Å²) in [5.74, 6) is -0.497. The smallest absolute Gasteiger partial charge is 0.128 e. The fourth-order valence-electron chi connectivity index (χ4n) is 3.48. The second-order valence-corrected chi connectivity index (χ2v) is 7.32. The molecule has 2 aromatic rings. The van der Waals surface area contributed by atoms with E-state index in [9.17, 15) is 13.9 Å². The second kappa shape index (κ2) is 10.6. The lowest BCUT2D eigenvalue weighted by Gasteiger charge is -2.24. The molecule has 1 fully saturated rings. The largest absolute Gasteiger partial charge is 0.389 e. The Morgan fingerprint density at radius 2 is 1.64 bits per heavy atom. The number of aliphatic hydroxyl groups excluding tert-OH is 1. The van der Waals surface area contributed by atoms with Gasteiger partial charge in [-0.2, -0.15) is 0 Å². The first-order chi connectivity index (χ1) is 13.6. The third-order valence-electron chi connectivity index (χ3n) is 5.00. The molecule has 1 aliphatic heterocycles. The molecular weight excluding hydrogens is 362 g/mol. The van der Waals surface area contributed by atoms with Crippen LogP contribution < -0.4 is 0 Å². The minimum absolute atomic E-state index is 0.162. The lowest BCUT2D eigenvalue weighted by atomic mass is 10.2. The van der Waals surface area contributed by atoms with E-state index < -0.39 is 6.10 Å². The van der Waals surface area contributed by atoms with Gasteiger partial charge >= 0.3 is 0 Å². The van der Waals surface area contributed by atoms with Crippen LogP contribution in [0.3, 0.4) is 0 Å². The van der Waals surface area contributed by atoms with Crippen LogP contribution in [0.15, 0.2) is 48.5 Å². The quantitative estimate of drug-likeness (QED) is 0.752. The standard InChI is InChI=1S/C22H28F2N2O2/c23-20-8-6-18(7-9-20)14-25-10-3-11-26(13-12-25)15-21(27)17-28-16-19-4-1-2-5-22(19)24/h1-2,4-9,21,27H,3,10-17H2. The molecule has 1 atom stereocenters. The molecule has 0 spiro atoms. The van der Waals surface area contributed by atoms with Crippen LogP contribution >= 0.6 is 0 Å². The van der Waals surface area contributed by atoms with Crippen LogP contribution in [0.2, 0.25) is 0 Å². The number of aliphatic hydroxyl groups is 1. The topological polar surface area (TPSA) is 35.9 Å². The van der Waals surface area contributed by atoms with Crippen LogP contribution in [0.5, 0.6) is 0 Å². The third-order valence-corrected chi connectivity index (χ3v) is 5.00. The number of rotatable bonds is 8. The van der Waals surface area contributed by atoms with Gasteiger partial charge in [-0.3, -0.25) is 9.80 Å². The number of β-amino-alcohol motifs (C(OH)–C–C–N with tert-alkyl or cyclic N) is 1. The molecule has 3 rings (SSSR count). The number of hydrogen-bond acceptors (Lipinski definition) is 4. The molecule has 1 aliphatic rings. The summed E-state index contributed by atoms with van der Waals surface area (Å²) in [4.78, 5) is 4.59. The zero-order valence-corrected chi connectivity index (χ0v) is 16.1. The van der Waals surface area contributed by atoms with Crippen LogP contribution in [0.1, 0.15) is 17.5 Å². The zero-order chi connectivity index (χ0) is 19.8. The van der Waals surface area contributed by atoms with E-state index in [4.69, 9.17) is 4.74 Å². The van der Waals surface area contributed by atoms with Gasteiger partial charge in [-0.1, -0.05) is 30.3 Å². The van der Waals surface area contributed by atoms with E-state index in [1.807, 2.05) is 12.1 Å². The molecule has 152 valence electrons. The first-order valence-corrected chi connectivity index (χ1v) is 9.78. The lowest BCUT2D eigenvalue weighted by Crippen LogP contribution is -2.37. The summed E-state index contributed by atoms with van der Waals surface area (Å²) in [6.07, 6.45) is 0.416. The van der Waals surface area contributed by atoms with Gasteiger partial charge in [0.2, 0.25) is 0 Å². The van der Waals surface area contributed by atoms with E-state index in [0.29, 0.717) is 12.1 Å². The van der Waals surface area contributed by atoms with Crippen LogP contribution in [0.25, 0.3) is 0 Å². The van der Waals surface area contributed by atoms with E-state index in [2.05, 4.69) is 9.80 Å². The predicted molar refractivity (Wildman–Crippen MR) is 105 cm³/mol. The molecule has 4 nitrogen and oxygen atoms in total. The van der Waals surface area contributed by atoms with Crippen molar-refractivity contribution in [2.24, 2.45) is 0 Å². The maximum atomic E-state index is 13.6. The molecule has 1 saturated heterocycles. The molecule has 0 aromatic heterocycles. The molecule has 28 heavy (non-hydrogen) atoms. The Morgan fingerprint density at radius 3 is 2.43 bits per heavy atom. The Morgan fingerprint density at radius 1 is 0.929 bits per heavy atom. The second-order valence-electron chi connectivity index (χ2n) is 7.32. The molecule has 0 amide bonds. The number of ether oxygens (including phenoxy) is 1. The van der Waals surface area contributed by atoms with E-state index in [-0.39, 0.29) is 24.8 Å². The third kappa shape index (κ3) is 6.63. The zero-order valence-electron chi connectivity index (χ0n) is 16.1. The van der Waals surface area contributed by atoms with Gasteiger partial charge in [0.25, 0.3) is 0 Å². The molecule has 1 heterocycles. The van der Waals surface area contributed by atoms with Crippen molar-refractivity contribution < 1.29 is 18.6 Å². The average molecular weight is 390 g/mol. The SMILES string of the molecule is OC(COCc1ccccc1F)CN1CCCN(Cc2ccc(F)cc2)CC1. The van der Waals surface area contributed by atoms with Gasteiger partial charge in [0.1, 0.15) is 11.6 Å². The van der Waals surface area contributed by atoms with Crippen molar-refractivity contribution in [3.05, 3.63) is 71.3 Å². The average Bonchev–Trinajstić information content (AvgIpc) is 2.90. The van der Waals surface area contributed by atoms with Gasteiger partial charge in [-0.25, -0.2) is 8.78 Å². The number of halogens is 2. The summed E-state index contributed by atoms with van der Waals surface area (Å²) in [7, 11) is 0. The highest BCUT2D eigenvalue weighted by Gasteiger charge is 2.18. The maximum absolute atomic E-state index is 13.6. The van der Waals surface area contributed by atoms with Gasteiger partial charge in [0, 0.05) is 31.7 Å². The summed E-state index contributed by atoms with van der Waals surface area (Å²) in [6.45, 7) is 5.37. The maximum Gasteiger partial charge on any atom is 0.128 e. The minimum atomic E-state index is -0.601. The Labute approximate surface area is 165 Å². The van der Waals surface area contributed by atoms with Crippen LogP contribution in [0.4, 0.5) is 8.78 Å². The van der Waals surface area contributed by atoms with Crippen molar-refractivity contribution >= 4 is 0 Å². The first-order valence-electron chi connectivity index (χ1n) is 9.78. The van der Waals surface area contributed by atoms with Gasteiger partial charge in [0.15, 0.2) is 0 Å². The molecule has 0 bridgehead atoms. The van der Waals surface area contributed by atoms with Crippen LogP contribution in [0, 0.1) is 11.6 Å². The molecular formula is C22H28F2N2O2. The van der Waals surface area contributed by atoms with Crippen molar-refractivity contribution in [3.8, 4) is 0 Å². The van der Waals surface area contributed by atoms with Crippen LogP contribution in [-0.4, -0.2) is 60.3 Å². The minimum Gasteiger partial charge on any atom is -0.389 e. The van der Waals surface area contributed by atoms with E-state index >= 15 is 0 Å². The summed E-state index contributed by atoms with van der Waals surface area (Å²) in [5, 5.41) is 10.3. The number of hydrogen-bond donors (Lipinski definition) is 1. The van der Waals surface area contributed by atoms with Crippen molar-refractivity contribution in [3.63, 3.8) is 0 Å². The highest BCUT2D eigenvalue weighted by atomic mass is 19.1. The molecule has 0 aliphatic carbocycles. The molecule has 0 saturated carbocycles. The predicted octanol–water partition coefficient (Wildman–Crippen LogP) is 3.05. The van der Waals surface area contributed by atoms with Crippen molar-refractivity contribution in [2.45, 2.75) is 25.7 Å². The Balaban J connectivity index is 1.37. The van der Waals surface area contributed by atoms with Gasteiger partial charge in [-0.05, 0) is 43.3 Å². The monoisotopic (exact) mass is 390 g/mol. The van der Waals surface area contributed by atoms with Crippen LogP contribution in [-0.2, 0) is 17.9 Å². The van der Waals surface area contributed by atoms with Crippen molar-refractivity contribution in [2.75, 3.05) is 39.3 Å². The van der Waals surface area contributed by atoms with Crippen molar-refractivity contribution in [1.29, 1.82) is 0 Å². The molecule has 1 N–H and O–H groups in total. The summed E-state index contributed by atoms with van der Waals surface area (Å²) >= 11 is 0. The number of nitrogens with zero attached hydrogens (tertiary/aromatic N) is 2. The summed E-state index contributed by atoms with van der Waals surface area (Å²) in [6, 6.07) is 13.2. The summed E-state index contributed by atoms with van der Waals surface area (Å²) in [5.41, 5.74) is 1.61. The first kappa shape index (κ1) is 20.9. The Bertz CT molecular complexity index is 727. The Hall–Kier alpha value is -1.86. The number of benzene rings is 2. The van der Waals surface area contributed by atoms with E-state index in [1.165, 1.54) is 18.2 Å². The van der Waals surface area contributed by atoms with E-state index in [0.717, 1.165) is 44.7 Å². The fourth-order valence-corrected chi connectivity index (χ4v) is 3.48. The molecule has 2 aromatic carbocycles. The fraction of sp³-hybridized carbons (Fsp3) is 0.455.